The van der Waals surface area contributed by atoms with E-state index in [0.717, 1.165) is 13.0 Å². The third-order valence-electron chi connectivity index (χ3n) is 2.79. The molecule has 1 nitrogen and oxygen atoms in total. The van der Waals surface area contributed by atoms with Gasteiger partial charge in [-0.3, -0.25) is 0 Å². The van der Waals surface area contributed by atoms with E-state index < -0.39 is 0 Å². The number of unbranched alkanes of at least 4 members (excludes halogenated alkanes) is 1. The lowest BCUT2D eigenvalue weighted by Crippen LogP contribution is -2.23. The van der Waals surface area contributed by atoms with Crippen LogP contribution in [0.15, 0.2) is 35.0 Å². The van der Waals surface area contributed by atoms with Crippen molar-refractivity contribution in [3.8, 4) is 0 Å². The molecule has 3 heteroatoms. The molecule has 0 bridgehead atoms. The van der Waals surface area contributed by atoms with Crippen LogP contribution in [0.2, 0.25) is 0 Å². The van der Waals surface area contributed by atoms with Gasteiger partial charge in [0.2, 0.25) is 0 Å². The molecular weight excluding hydrogens is 246 g/mol. The van der Waals surface area contributed by atoms with E-state index in [2.05, 4.69) is 47.3 Å². The highest BCUT2D eigenvalue weighted by molar-refractivity contribution is 7.10. The highest BCUT2D eigenvalue weighted by Gasteiger charge is 2.12. The van der Waals surface area contributed by atoms with Crippen LogP contribution in [0.3, 0.4) is 0 Å². The molecule has 2 rings (SSSR count). The lowest BCUT2D eigenvalue weighted by molar-refractivity contribution is 0.527. The Morgan fingerprint density at radius 2 is 2.00 bits per heavy atom. The third kappa shape index (κ3) is 3.95. The summed E-state index contributed by atoms with van der Waals surface area (Å²) in [5.41, 5.74) is 0. The Morgan fingerprint density at radius 1 is 1.18 bits per heavy atom. The second-order valence-corrected chi connectivity index (χ2v) is 6.17. The molecule has 0 saturated carbocycles. The quantitative estimate of drug-likeness (QED) is 0.728. The molecule has 2 heterocycles. The van der Waals surface area contributed by atoms with E-state index in [1.807, 2.05) is 22.7 Å². The standard InChI is InChI=1S/C14H19NS2/c1-2-3-8-15-13(14-7-5-10-17-14)11-12-6-4-9-16-12/h4-7,9-10,13,15H,2-3,8,11H2,1H3. The van der Waals surface area contributed by atoms with Crippen molar-refractivity contribution in [2.24, 2.45) is 0 Å². The molecule has 1 atom stereocenters. The monoisotopic (exact) mass is 265 g/mol. The average molecular weight is 265 g/mol. The largest absolute Gasteiger partial charge is 0.309 e. The summed E-state index contributed by atoms with van der Waals surface area (Å²) in [7, 11) is 0. The summed E-state index contributed by atoms with van der Waals surface area (Å²) in [5.74, 6) is 0. The van der Waals surface area contributed by atoms with Crippen LogP contribution < -0.4 is 5.32 Å². The van der Waals surface area contributed by atoms with E-state index in [0.29, 0.717) is 6.04 Å². The molecule has 0 saturated heterocycles. The van der Waals surface area contributed by atoms with E-state index in [4.69, 9.17) is 0 Å². The Bertz CT molecular complexity index is 392. The van der Waals surface area contributed by atoms with Crippen LogP contribution in [-0.2, 0) is 6.42 Å². The molecule has 1 unspecified atom stereocenters. The topological polar surface area (TPSA) is 12.0 Å². The van der Waals surface area contributed by atoms with Crippen molar-refractivity contribution in [2.45, 2.75) is 32.2 Å². The van der Waals surface area contributed by atoms with Crippen molar-refractivity contribution < 1.29 is 0 Å². The summed E-state index contributed by atoms with van der Waals surface area (Å²) in [6, 6.07) is 9.23. The predicted molar refractivity (Wildman–Crippen MR) is 78.0 cm³/mol. The minimum atomic E-state index is 0.486. The molecule has 0 aliphatic rings. The van der Waals surface area contributed by atoms with Gasteiger partial charge in [-0.25, -0.2) is 0 Å². The Balaban J connectivity index is 1.97. The fourth-order valence-electron chi connectivity index (χ4n) is 1.85. The molecule has 0 aliphatic heterocycles. The molecule has 0 radical (unpaired) electrons. The number of thiophene rings is 2. The highest BCUT2D eigenvalue weighted by Crippen LogP contribution is 2.24. The van der Waals surface area contributed by atoms with Gasteiger partial charge in [-0.05, 0) is 35.9 Å². The minimum Gasteiger partial charge on any atom is -0.309 e. The second kappa shape index (κ2) is 6.94. The summed E-state index contributed by atoms with van der Waals surface area (Å²) < 4.78 is 0. The van der Waals surface area contributed by atoms with Crippen molar-refractivity contribution in [1.29, 1.82) is 0 Å². The van der Waals surface area contributed by atoms with E-state index in [9.17, 15) is 0 Å². The first kappa shape index (κ1) is 12.8. The van der Waals surface area contributed by atoms with Gasteiger partial charge in [-0.2, -0.15) is 0 Å². The lowest BCUT2D eigenvalue weighted by atomic mass is 10.1. The summed E-state index contributed by atoms with van der Waals surface area (Å²) in [6.07, 6.45) is 3.62. The fraction of sp³-hybridized carbons (Fsp3) is 0.429. The maximum absolute atomic E-state index is 3.68. The number of hydrogen-bond donors (Lipinski definition) is 1. The lowest BCUT2D eigenvalue weighted by Gasteiger charge is -2.16. The highest BCUT2D eigenvalue weighted by atomic mass is 32.1. The van der Waals surface area contributed by atoms with Crippen LogP contribution in [0, 0.1) is 0 Å². The first-order valence-electron chi connectivity index (χ1n) is 6.19. The second-order valence-electron chi connectivity index (χ2n) is 4.16. The molecule has 0 spiro atoms. The molecular formula is C14H19NS2. The average Bonchev–Trinajstić information content (AvgIpc) is 3.01. The normalized spacial score (nSPS) is 12.8. The van der Waals surface area contributed by atoms with Gasteiger partial charge >= 0.3 is 0 Å². The van der Waals surface area contributed by atoms with Crippen molar-refractivity contribution in [1.82, 2.24) is 5.32 Å². The molecule has 0 fully saturated rings. The molecule has 0 amide bonds. The zero-order chi connectivity index (χ0) is 11.9. The number of rotatable bonds is 7. The first-order chi connectivity index (χ1) is 8.40. The molecule has 92 valence electrons. The summed E-state index contributed by atoms with van der Waals surface area (Å²) >= 11 is 3.71. The van der Waals surface area contributed by atoms with Crippen LogP contribution in [-0.4, -0.2) is 6.54 Å². The molecule has 0 aromatic carbocycles. The smallest absolute Gasteiger partial charge is 0.0463 e. The van der Waals surface area contributed by atoms with Crippen molar-refractivity contribution >= 4 is 22.7 Å². The van der Waals surface area contributed by atoms with Gasteiger partial charge < -0.3 is 5.32 Å². The van der Waals surface area contributed by atoms with Gasteiger partial charge in [-0.15, -0.1) is 22.7 Å². The van der Waals surface area contributed by atoms with E-state index in [-0.39, 0.29) is 0 Å². The molecule has 1 N–H and O–H groups in total. The molecule has 17 heavy (non-hydrogen) atoms. The van der Waals surface area contributed by atoms with Gasteiger partial charge in [0.1, 0.15) is 0 Å². The van der Waals surface area contributed by atoms with Gasteiger partial charge in [0.15, 0.2) is 0 Å². The molecule has 0 aliphatic carbocycles. The Labute approximate surface area is 112 Å². The van der Waals surface area contributed by atoms with Gasteiger partial charge in [0.05, 0.1) is 0 Å². The molecule has 2 aromatic heterocycles. The van der Waals surface area contributed by atoms with Gasteiger partial charge in [0.25, 0.3) is 0 Å². The van der Waals surface area contributed by atoms with Crippen molar-refractivity contribution in [3.05, 3.63) is 44.8 Å². The zero-order valence-electron chi connectivity index (χ0n) is 10.2. The first-order valence-corrected chi connectivity index (χ1v) is 7.95. The van der Waals surface area contributed by atoms with E-state index in [1.165, 1.54) is 22.6 Å². The van der Waals surface area contributed by atoms with Crippen LogP contribution in [0.5, 0.6) is 0 Å². The van der Waals surface area contributed by atoms with Gasteiger partial charge in [-0.1, -0.05) is 25.5 Å². The fourth-order valence-corrected chi connectivity index (χ4v) is 3.40. The Kier molecular flexibility index (Phi) is 5.23. The van der Waals surface area contributed by atoms with Gasteiger partial charge in [0, 0.05) is 22.2 Å². The van der Waals surface area contributed by atoms with Crippen LogP contribution in [0.1, 0.15) is 35.6 Å². The SMILES string of the molecule is CCCCNC(Cc1cccs1)c1cccs1. The van der Waals surface area contributed by atoms with Crippen LogP contribution >= 0.6 is 22.7 Å². The number of nitrogens with one attached hydrogen (secondary N) is 1. The summed E-state index contributed by atoms with van der Waals surface area (Å²) in [5, 5.41) is 8.00. The van der Waals surface area contributed by atoms with E-state index >= 15 is 0 Å². The predicted octanol–water partition coefficient (Wildman–Crippen LogP) is 4.48. The van der Waals surface area contributed by atoms with Crippen LogP contribution in [0.4, 0.5) is 0 Å². The maximum atomic E-state index is 3.68. The summed E-state index contributed by atoms with van der Waals surface area (Å²) in [6.45, 7) is 3.35. The Morgan fingerprint density at radius 3 is 2.65 bits per heavy atom. The van der Waals surface area contributed by atoms with Crippen molar-refractivity contribution in [2.75, 3.05) is 6.54 Å². The summed E-state index contributed by atoms with van der Waals surface area (Å²) in [4.78, 5) is 2.92. The number of hydrogen-bond acceptors (Lipinski definition) is 3. The zero-order valence-corrected chi connectivity index (χ0v) is 11.8. The minimum absolute atomic E-state index is 0.486. The van der Waals surface area contributed by atoms with Crippen LogP contribution in [0.25, 0.3) is 0 Å². The third-order valence-corrected chi connectivity index (χ3v) is 4.68. The van der Waals surface area contributed by atoms with Crippen molar-refractivity contribution in [3.63, 3.8) is 0 Å². The Hall–Kier alpha value is -0.640. The maximum Gasteiger partial charge on any atom is 0.0463 e. The molecule has 2 aromatic rings. The van der Waals surface area contributed by atoms with E-state index in [1.54, 1.807) is 0 Å².